The van der Waals surface area contributed by atoms with E-state index in [0.717, 1.165) is 36.1 Å². The van der Waals surface area contributed by atoms with Crippen molar-refractivity contribution in [1.82, 2.24) is 0 Å². The Bertz CT molecular complexity index is 896. The summed E-state index contributed by atoms with van der Waals surface area (Å²) in [6.07, 6.45) is 5.21. The van der Waals surface area contributed by atoms with Gasteiger partial charge in [0, 0.05) is 6.21 Å². The molecule has 0 saturated heterocycles. The molecule has 2 heteroatoms. The first-order valence-corrected chi connectivity index (χ1v) is 8.77. The van der Waals surface area contributed by atoms with E-state index < -0.39 is 0 Å². The van der Waals surface area contributed by atoms with Crippen LogP contribution in [0.5, 0.6) is 5.75 Å². The van der Waals surface area contributed by atoms with Gasteiger partial charge >= 0.3 is 0 Å². The number of rotatable bonds is 3. The number of hydrogen-bond donors (Lipinski definition) is 1. The summed E-state index contributed by atoms with van der Waals surface area (Å²) >= 11 is 0. The molecule has 0 saturated carbocycles. The summed E-state index contributed by atoms with van der Waals surface area (Å²) in [7, 11) is 0. The fourth-order valence-corrected chi connectivity index (χ4v) is 3.51. The van der Waals surface area contributed by atoms with Crippen LogP contribution in [0.2, 0.25) is 0 Å². The number of fused-ring (bicyclic) bond motifs is 1. The van der Waals surface area contributed by atoms with Gasteiger partial charge in [-0.15, -0.1) is 0 Å². The van der Waals surface area contributed by atoms with E-state index in [-0.39, 0.29) is 0 Å². The predicted octanol–water partition coefficient (Wildman–Crippen LogP) is 5.57. The highest BCUT2D eigenvalue weighted by molar-refractivity contribution is 5.67. The Kier molecular flexibility index (Phi) is 4.34. The van der Waals surface area contributed by atoms with Crippen LogP contribution >= 0.6 is 0 Å². The fourth-order valence-electron chi connectivity index (χ4n) is 3.51. The second-order valence-corrected chi connectivity index (χ2v) is 6.70. The molecule has 1 N–H and O–H groups in total. The average Bonchev–Trinajstić information content (AvgIpc) is 2.84. The van der Waals surface area contributed by atoms with Crippen LogP contribution in [0.3, 0.4) is 0 Å². The molecule has 0 spiro atoms. The van der Waals surface area contributed by atoms with Crippen LogP contribution in [0.4, 0.5) is 5.69 Å². The second kappa shape index (κ2) is 6.94. The van der Waals surface area contributed by atoms with Crippen molar-refractivity contribution in [3.63, 3.8) is 0 Å². The Morgan fingerprint density at radius 1 is 0.880 bits per heavy atom. The van der Waals surface area contributed by atoms with E-state index >= 15 is 0 Å². The third-order valence-electron chi connectivity index (χ3n) is 4.83. The van der Waals surface area contributed by atoms with E-state index in [1.54, 1.807) is 12.1 Å². The Morgan fingerprint density at radius 2 is 1.72 bits per heavy atom. The van der Waals surface area contributed by atoms with Crippen molar-refractivity contribution in [2.24, 2.45) is 10.9 Å². The molecule has 0 bridgehead atoms. The number of para-hydroxylation sites is 1. The smallest absolute Gasteiger partial charge is 0.116 e. The van der Waals surface area contributed by atoms with E-state index in [1.165, 1.54) is 11.1 Å². The highest BCUT2D eigenvalue weighted by atomic mass is 16.3. The molecular formula is C23H21NO. The van der Waals surface area contributed by atoms with Gasteiger partial charge in [-0.25, -0.2) is 0 Å². The Morgan fingerprint density at radius 3 is 2.56 bits per heavy atom. The molecule has 3 aromatic carbocycles. The molecule has 25 heavy (non-hydrogen) atoms. The molecule has 1 aliphatic rings. The molecule has 1 atom stereocenters. The van der Waals surface area contributed by atoms with Gasteiger partial charge < -0.3 is 5.11 Å². The zero-order chi connectivity index (χ0) is 17.1. The largest absolute Gasteiger partial charge is 0.508 e. The van der Waals surface area contributed by atoms with Crippen molar-refractivity contribution >= 4 is 11.9 Å². The molecule has 124 valence electrons. The van der Waals surface area contributed by atoms with E-state index in [4.69, 9.17) is 0 Å². The standard InChI is InChI=1S/C23H21NO/c25-22-6-3-5-20(16-22)19-10-8-17(9-11-19)14-18-12-13-24-23-7-2-1-4-21(23)15-18/h1-11,13,16,18,25H,12,14-15H2. The molecule has 0 radical (unpaired) electrons. The topological polar surface area (TPSA) is 32.6 Å². The van der Waals surface area contributed by atoms with Crippen LogP contribution in [0.25, 0.3) is 11.1 Å². The third kappa shape index (κ3) is 3.63. The average molecular weight is 327 g/mol. The number of aliphatic imine (C=N–C) groups is 1. The zero-order valence-corrected chi connectivity index (χ0v) is 14.1. The molecule has 4 rings (SSSR count). The normalized spacial score (nSPS) is 16.2. The molecule has 0 aromatic heterocycles. The van der Waals surface area contributed by atoms with Gasteiger partial charge in [-0.2, -0.15) is 0 Å². The number of aromatic hydroxyl groups is 1. The van der Waals surface area contributed by atoms with E-state index in [9.17, 15) is 5.11 Å². The monoisotopic (exact) mass is 327 g/mol. The Labute approximate surface area is 148 Å². The number of phenols is 1. The lowest BCUT2D eigenvalue weighted by molar-refractivity contribution is 0.475. The van der Waals surface area contributed by atoms with Crippen molar-refractivity contribution in [3.8, 4) is 16.9 Å². The maximum absolute atomic E-state index is 9.64. The summed E-state index contributed by atoms with van der Waals surface area (Å²) in [5, 5.41) is 9.64. The number of benzene rings is 3. The van der Waals surface area contributed by atoms with Gasteiger partial charge in [-0.05, 0) is 65.6 Å². The fraction of sp³-hybridized carbons (Fsp3) is 0.174. The first-order valence-electron chi connectivity index (χ1n) is 8.77. The third-order valence-corrected chi connectivity index (χ3v) is 4.83. The minimum Gasteiger partial charge on any atom is -0.508 e. The van der Waals surface area contributed by atoms with Gasteiger partial charge in [0.1, 0.15) is 5.75 Å². The van der Waals surface area contributed by atoms with Crippen LogP contribution in [0.1, 0.15) is 17.5 Å². The van der Waals surface area contributed by atoms with Crippen molar-refractivity contribution in [2.75, 3.05) is 0 Å². The lowest BCUT2D eigenvalue weighted by Gasteiger charge is -2.14. The summed E-state index contributed by atoms with van der Waals surface area (Å²) in [5.74, 6) is 0.886. The molecule has 1 aliphatic heterocycles. The lowest BCUT2D eigenvalue weighted by Crippen LogP contribution is -2.08. The predicted molar refractivity (Wildman–Crippen MR) is 104 cm³/mol. The van der Waals surface area contributed by atoms with Crippen molar-refractivity contribution < 1.29 is 5.11 Å². The van der Waals surface area contributed by atoms with Gasteiger partial charge in [-0.1, -0.05) is 54.6 Å². The SMILES string of the molecule is Oc1cccc(-c2ccc(CC3CC=Nc4ccccc4C3)cc2)c1. The number of nitrogens with zero attached hydrogens (tertiary/aromatic N) is 1. The summed E-state index contributed by atoms with van der Waals surface area (Å²) in [5.41, 5.74) is 5.98. The van der Waals surface area contributed by atoms with Gasteiger partial charge in [0.15, 0.2) is 0 Å². The quantitative estimate of drug-likeness (QED) is 0.670. The van der Waals surface area contributed by atoms with Crippen LogP contribution in [-0.4, -0.2) is 11.3 Å². The first-order chi connectivity index (χ1) is 12.3. The van der Waals surface area contributed by atoms with Gasteiger partial charge in [-0.3, -0.25) is 4.99 Å². The van der Waals surface area contributed by atoms with Gasteiger partial charge in [0.05, 0.1) is 5.69 Å². The van der Waals surface area contributed by atoms with E-state index in [2.05, 4.69) is 59.7 Å². The van der Waals surface area contributed by atoms with Crippen molar-refractivity contribution in [3.05, 3.63) is 83.9 Å². The maximum atomic E-state index is 9.64. The molecule has 0 aliphatic carbocycles. The van der Waals surface area contributed by atoms with Gasteiger partial charge in [0.25, 0.3) is 0 Å². The molecule has 1 heterocycles. The summed E-state index contributed by atoms with van der Waals surface area (Å²) in [4.78, 5) is 4.59. The highest BCUT2D eigenvalue weighted by Gasteiger charge is 2.15. The summed E-state index contributed by atoms with van der Waals surface area (Å²) in [6.45, 7) is 0. The summed E-state index contributed by atoms with van der Waals surface area (Å²) < 4.78 is 0. The minimum atomic E-state index is 0.304. The zero-order valence-electron chi connectivity index (χ0n) is 14.1. The van der Waals surface area contributed by atoms with Crippen LogP contribution in [0, 0.1) is 5.92 Å². The molecule has 3 aromatic rings. The molecule has 0 fully saturated rings. The maximum Gasteiger partial charge on any atom is 0.116 e. The van der Waals surface area contributed by atoms with Gasteiger partial charge in [0.2, 0.25) is 0 Å². The second-order valence-electron chi connectivity index (χ2n) is 6.70. The van der Waals surface area contributed by atoms with Crippen LogP contribution in [0.15, 0.2) is 77.8 Å². The van der Waals surface area contributed by atoms with Crippen LogP contribution < -0.4 is 0 Å². The number of hydrogen-bond acceptors (Lipinski definition) is 2. The van der Waals surface area contributed by atoms with Crippen molar-refractivity contribution in [2.45, 2.75) is 19.3 Å². The Balaban J connectivity index is 1.49. The first kappa shape index (κ1) is 15.6. The summed E-state index contributed by atoms with van der Waals surface area (Å²) in [6, 6.07) is 24.5. The van der Waals surface area contributed by atoms with Crippen LogP contribution in [-0.2, 0) is 12.8 Å². The Hall–Kier alpha value is -2.87. The van der Waals surface area contributed by atoms with E-state index in [1.807, 2.05) is 12.1 Å². The minimum absolute atomic E-state index is 0.304. The number of phenolic OH excluding ortho intramolecular Hbond substituents is 1. The van der Waals surface area contributed by atoms with Crippen molar-refractivity contribution in [1.29, 1.82) is 0 Å². The van der Waals surface area contributed by atoms with E-state index in [0.29, 0.717) is 11.7 Å². The molecular weight excluding hydrogens is 306 g/mol. The highest BCUT2D eigenvalue weighted by Crippen LogP contribution is 2.29. The molecule has 1 unspecified atom stereocenters. The lowest BCUT2D eigenvalue weighted by atomic mass is 9.90. The molecule has 2 nitrogen and oxygen atoms in total. The molecule has 0 amide bonds.